The first-order valence-corrected chi connectivity index (χ1v) is 7.00. The average molecular weight is 239 g/mol. The van der Waals surface area contributed by atoms with Crippen LogP contribution in [0.4, 0.5) is 0 Å². The molecule has 1 aromatic heterocycles. The van der Waals surface area contributed by atoms with Gasteiger partial charge in [-0.05, 0) is 38.4 Å². The van der Waals surface area contributed by atoms with Crippen LogP contribution in [-0.4, -0.2) is 19.8 Å². The van der Waals surface area contributed by atoms with Gasteiger partial charge < -0.3 is 10.1 Å². The third-order valence-corrected chi connectivity index (χ3v) is 4.24. The van der Waals surface area contributed by atoms with E-state index in [1.165, 1.54) is 22.6 Å². The Labute approximate surface area is 102 Å². The first-order valence-electron chi connectivity index (χ1n) is 6.18. The van der Waals surface area contributed by atoms with E-state index in [9.17, 15) is 0 Å². The molecule has 0 aromatic carbocycles. The quantitative estimate of drug-likeness (QED) is 0.871. The first kappa shape index (κ1) is 12.1. The monoisotopic (exact) mass is 239 g/mol. The molecule has 0 bridgehead atoms. The zero-order chi connectivity index (χ0) is 11.4. The number of ether oxygens (including phenoxy) is 1. The Morgan fingerprint density at radius 2 is 2.44 bits per heavy atom. The topological polar surface area (TPSA) is 21.3 Å². The van der Waals surface area contributed by atoms with E-state index in [1.54, 1.807) is 0 Å². The summed E-state index contributed by atoms with van der Waals surface area (Å²) >= 11 is 1.91. The zero-order valence-corrected chi connectivity index (χ0v) is 11.0. The lowest BCUT2D eigenvalue weighted by atomic mass is 9.92. The van der Waals surface area contributed by atoms with Gasteiger partial charge in [0.1, 0.15) is 0 Å². The van der Waals surface area contributed by atoms with Crippen molar-refractivity contribution in [3.63, 3.8) is 0 Å². The summed E-state index contributed by atoms with van der Waals surface area (Å²) in [6, 6.07) is 4.97. The number of hydrogen-bond donors (Lipinski definition) is 1. The standard InChI is InChI=1S/C13H21NOS/c1-3-14-13(11-5-4-8-15-9-11)12-7-6-10(2)16-12/h6-7,11,13-14H,3-5,8-9H2,1-2H3. The van der Waals surface area contributed by atoms with E-state index in [-0.39, 0.29) is 0 Å². The minimum atomic E-state index is 0.490. The zero-order valence-electron chi connectivity index (χ0n) is 10.2. The van der Waals surface area contributed by atoms with Gasteiger partial charge in [0.2, 0.25) is 0 Å². The van der Waals surface area contributed by atoms with Crippen LogP contribution in [0, 0.1) is 12.8 Å². The molecular weight excluding hydrogens is 218 g/mol. The van der Waals surface area contributed by atoms with E-state index in [1.807, 2.05) is 11.3 Å². The molecule has 1 aliphatic rings. The molecule has 2 atom stereocenters. The molecule has 16 heavy (non-hydrogen) atoms. The fourth-order valence-corrected chi connectivity index (χ4v) is 3.42. The maximum absolute atomic E-state index is 5.60. The summed E-state index contributed by atoms with van der Waals surface area (Å²) in [5.74, 6) is 0.645. The lowest BCUT2D eigenvalue weighted by molar-refractivity contribution is 0.0398. The number of aryl methyl sites for hydroxylation is 1. The Hall–Kier alpha value is -0.380. The third-order valence-electron chi connectivity index (χ3n) is 3.16. The van der Waals surface area contributed by atoms with Crippen LogP contribution in [0.3, 0.4) is 0 Å². The minimum Gasteiger partial charge on any atom is -0.381 e. The van der Waals surface area contributed by atoms with Gasteiger partial charge in [0.25, 0.3) is 0 Å². The molecule has 0 amide bonds. The van der Waals surface area contributed by atoms with Crippen LogP contribution in [-0.2, 0) is 4.74 Å². The summed E-state index contributed by atoms with van der Waals surface area (Å²) in [6.45, 7) is 7.23. The van der Waals surface area contributed by atoms with Crippen molar-refractivity contribution in [2.75, 3.05) is 19.8 Å². The molecule has 2 unspecified atom stereocenters. The molecule has 1 aromatic rings. The summed E-state index contributed by atoms with van der Waals surface area (Å²) in [5.41, 5.74) is 0. The van der Waals surface area contributed by atoms with Crippen molar-refractivity contribution in [3.05, 3.63) is 21.9 Å². The van der Waals surface area contributed by atoms with Crippen molar-refractivity contribution in [1.29, 1.82) is 0 Å². The molecule has 0 spiro atoms. The maximum atomic E-state index is 5.60. The Balaban J connectivity index is 2.09. The highest BCUT2D eigenvalue weighted by molar-refractivity contribution is 7.12. The van der Waals surface area contributed by atoms with Crippen LogP contribution >= 0.6 is 11.3 Å². The molecule has 1 aliphatic heterocycles. The van der Waals surface area contributed by atoms with Crippen molar-refractivity contribution in [2.24, 2.45) is 5.92 Å². The minimum absolute atomic E-state index is 0.490. The van der Waals surface area contributed by atoms with Crippen molar-refractivity contribution < 1.29 is 4.74 Å². The predicted molar refractivity (Wildman–Crippen MR) is 69.0 cm³/mol. The van der Waals surface area contributed by atoms with Crippen LogP contribution in [0.25, 0.3) is 0 Å². The van der Waals surface area contributed by atoms with Gasteiger partial charge in [-0.15, -0.1) is 11.3 Å². The SMILES string of the molecule is CCNC(c1ccc(C)s1)C1CCCOC1. The summed E-state index contributed by atoms with van der Waals surface area (Å²) in [4.78, 5) is 2.87. The molecule has 0 saturated carbocycles. The summed E-state index contributed by atoms with van der Waals surface area (Å²) < 4.78 is 5.60. The van der Waals surface area contributed by atoms with Gasteiger partial charge in [0.05, 0.1) is 6.61 Å². The molecule has 0 radical (unpaired) electrons. The van der Waals surface area contributed by atoms with Gasteiger partial charge in [-0.25, -0.2) is 0 Å². The van der Waals surface area contributed by atoms with Crippen LogP contribution in [0.5, 0.6) is 0 Å². The number of rotatable bonds is 4. The van der Waals surface area contributed by atoms with Gasteiger partial charge in [-0.3, -0.25) is 0 Å². The van der Waals surface area contributed by atoms with Crippen molar-refractivity contribution in [2.45, 2.75) is 32.7 Å². The molecule has 1 fully saturated rings. The lowest BCUT2D eigenvalue weighted by Gasteiger charge is -2.30. The normalized spacial score (nSPS) is 23.2. The summed E-state index contributed by atoms with van der Waals surface area (Å²) in [5, 5.41) is 3.61. The number of nitrogens with one attached hydrogen (secondary N) is 1. The molecular formula is C13H21NOS. The van der Waals surface area contributed by atoms with Crippen molar-refractivity contribution >= 4 is 11.3 Å². The molecule has 1 saturated heterocycles. The fraction of sp³-hybridized carbons (Fsp3) is 0.692. The van der Waals surface area contributed by atoms with Crippen molar-refractivity contribution in [1.82, 2.24) is 5.32 Å². The summed E-state index contributed by atoms with van der Waals surface area (Å²) in [6.07, 6.45) is 2.49. The highest BCUT2D eigenvalue weighted by Gasteiger charge is 2.25. The van der Waals surface area contributed by atoms with Crippen LogP contribution < -0.4 is 5.32 Å². The van der Waals surface area contributed by atoms with E-state index < -0.39 is 0 Å². The molecule has 1 N–H and O–H groups in total. The Bertz CT molecular complexity index is 317. The number of thiophene rings is 1. The van der Waals surface area contributed by atoms with E-state index in [0.29, 0.717) is 12.0 Å². The molecule has 2 rings (SSSR count). The largest absolute Gasteiger partial charge is 0.381 e. The first-order chi connectivity index (χ1) is 7.81. The van der Waals surface area contributed by atoms with E-state index in [4.69, 9.17) is 4.74 Å². The Morgan fingerprint density at radius 1 is 1.56 bits per heavy atom. The van der Waals surface area contributed by atoms with E-state index in [0.717, 1.165) is 19.8 Å². The van der Waals surface area contributed by atoms with E-state index >= 15 is 0 Å². The second-order valence-corrected chi connectivity index (χ2v) is 5.78. The second-order valence-electron chi connectivity index (χ2n) is 4.46. The van der Waals surface area contributed by atoms with E-state index in [2.05, 4.69) is 31.3 Å². The second kappa shape index (κ2) is 5.80. The number of hydrogen-bond acceptors (Lipinski definition) is 3. The molecule has 90 valence electrons. The Kier molecular flexibility index (Phi) is 4.38. The molecule has 3 heteroatoms. The van der Waals surface area contributed by atoms with Crippen LogP contribution in [0.15, 0.2) is 12.1 Å². The summed E-state index contributed by atoms with van der Waals surface area (Å²) in [7, 11) is 0. The molecule has 2 nitrogen and oxygen atoms in total. The molecule has 2 heterocycles. The predicted octanol–water partition coefficient (Wildman–Crippen LogP) is 3.13. The maximum Gasteiger partial charge on any atom is 0.0512 e. The lowest BCUT2D eigenvalue weighted by Crippen LogP contribution is -2.32. The van der Waals surface area contributed by atoms with Gasteiger partial charge in [0.15, 0.2) is 0 Å². The van der Waals surface area contributed by atoms with Gasteiger partial charge in [-0.1, -0.05) is 6.92 Å². The van der Waals surface area contributed by atoms with Gasteiger partial charge in [-0.2, -0.15) is 0 Å². The van der Waals surface area contributed by atoms with Gasteiger partial charge >= 0.3 is 0 Å². The molecule has 0 aliphatic carbocycles. The van der Waals surface area contributed by atoms with Gasteiger partial charge in [0, 0.05) is 28.3 Å². The highest BCUT2D eigenvalue weighted by atomic mass is 32.1. The fourth-order valence-electron chi connectivity index (χ4n) is 2.37. The van der Waals surface area contributed by atoms with Crippen LogP contribution in [0.2, 0.25) is 0 Å². The highest BCUT2D eigenvalue weighted by Crippen LogP contribution is 2.32. The smallest absolute Gasteiger partial charge is 0.0512 e. The van der Waals surface area contributed by atoms with Crippen molar-refractivity contribution in [3.8, 4) is 0 Å². The average Bonchev–Trinajstić information content (AvgIpc) is 2.74. The third kappa shape index (κ3) is 2.84. The Morgan fingerprint density at radius 3 is 3.00 bits per heavy atom. The van der Waals surface area contributed by atoms with Crippen LogP contribution in [0.1, 0.15) is 35.6 Å².